The summed E-state index contributed by atoms with van der Waals surface area (Å²) in [6, 6.07) is 7.22. The Labute approximate surface area is 122 Å². The van der Waals surface area contributed by atoms with Crippen molar-refractivity contribution in [1.82, 2.24) is 5.43 Å². The Hall–Kier alpha value is -3.08. The van der Waals surface area contributed by atoms with Crippen LogP contribution in [0.25, 0.3) is 0 Å². The second-order valence-corrected chi connectivity index (χ2v) is 4.11. The van der Waals surface area contributed by atoms with Crippen molar-refractivity contribution in [3.8, 4) is 6.07 Å². The van der Waals surface area contributed by atoms with Crippen molar-refractivity contribution in [2.75, 3.05) is 5.43 Å². The molecule has 0 spiro atoms. The van der Waals surface area contributed by atoms with Gasteiger partial charge in [-0.05, 0) is 24.3 Å². The molecule has 0 saturated carbocycles. The molecule has 0 heterocycles. The van der Waals surface area contributed by atoms with Crippen LogP contribution in [0.3, 0.4) is 0 Å². The first-order chi connectivity index (χ1) is 10.4. The van der Waals surface area contributed by atoms with Gasteiger partial charge in [-0.3, -0.25) is 15.6 Å². The highest BCUT2D eigenvalue weighted by atomic mass is 19.2. The molecule has 0 saturated heterocycles. The van der Waals surface area contributed by atoms with E-state index < -0.39 is 34.9 Å². The summed E-state index contributed by atoms with van der Waals surface area (Å²) in [5.41, 5.74) is 2.93. The number of rotatable bonds is 3. The fourth-order valence-corrected chi connectivity index (χ4v) is 1.57. The third-order valence-electron chi connectivity index (χ3n) is 2.69. The molecule has 0 radical (unpaired) electrons. The summed E-state index contributed by atoms with van der Waals surface area (Å²) in [5, 5.41) is 8.61. The van der Waals surface area contributed by atoms with Gasteiger partial charge in [-0.25, -0.2) is 17.6 Å². The second kappa shape index (κ2) is 6.13. The third kappa shape index (κ3) is 2.98. The van der Waals surface area contributed by atoms with Crippen LogP contribution in [0.1, 0.15) is 15.9 Å². The van der Waals surface area contributed by atoms with E-state index in [2.05, 4.69) is 0 Å². The van der Waals surface area contributed by atoms with Gasteiger partial charge < -0.3 is 0 Å². The number of nitrogens with zero attached hydrogens (tertiary/aromatic N) is 1. The predicted octanol–water partition coefficient (Wildman–Crippen LogP) is 2.87. The lowest BCUT2D eigenvalue weighted by atomic mass is 10.1. The first-order valence-electron chi connectivity index (χ1n) is 5.83. The molecule has 2 N–H and O–H groups in total. The summed E-state index contributed by atoms with van der Waals surface area (Å²) in [7, 11) is 0. The fourth-order valence-electron chi connectivity index (χ4n) is 1.57. The molecule has 4 nitrogen and oxygen atoms in total. The topological polar surface area (TPSA) is 64.9 Å². The van der Waals surface area contributed by atoms with Crippen molar-refractivity contribution in [3.05, 3.63) is 64.7 Å². The van der Waals surface area contributed by atoms with E-state index >= 15 is 0 Å². The molecule has 1 amide bonds. The lowest BCUT2D eigenvalue weighted by molar-refractivity contribution is 0.0962. The molecule has 0 aromatic heterocycles. The van der Waals surface area contributed by atoms with Crippen molar-refractivity contribution >= 4 is 11.6 Å². The van der Waals surface area contributed by atoms with Gasteiger partial charge in [0.15, 0.2) is 23.3 Å². The third-order valence-corrected chi connectivity index (χ3v) is 2.69. The minimum atomic E-state index is -1.67. The van der Waals surface area contributed by atoms with Crippen LogP contribution in [0.2, 0.25) is 0 Å². The van der Waals surface area contributed by atoms with Gasteiger partial charge in [0.2, 0.25) is 0 Å². The van der Waals surface area contributed by atoms with E-state index in [1.54, 1.807) is 5.43 Å². The number of anilines is 1. The Kier molecular flexibility index (Phi) is 4.27. The molecular weight excluding hydrogens is 302 g/mol. The highest BCUT2D eigenvalue weighted by Crippen LogP contribution is 2.23. The summed E-state index contributed by atoms with van der Waals surface area (Å²) >= 11 is 0. The SMILES string of the molecule is N#Cc1ccc(C(=O)NNc2c(F)c(F)cc(F)c2F)cc1. The van der Waals surface area contributed by atoms with E-state index in [9.17, 15) is 22.4 Å². The molecule has 8 heteroatoms. The number of halogens is 4. The maximum Gasteiger partial charge on any atom is 0.269 e. The summed E-state index contributed by atoms with van der Waals surface area (Å²) in [6.45, 7) is 0. The van der Waals surface area contributed by atoms with E-state index in [0.717, 1.165) is 0 Å². The average molecular weight is 309 g/mol. The summed E-state index contributed by atoms with van der Waals surface area (Å²) < 4.78 is 52.7. The number of hydrazine groups is 1. The summed E-state index contributed by atoms with van der Waals surface area (Å²) in [6.07, 6.45) is 0. The predicted molar refractivity (Wildman–Crippen MR) is 68.5 cm³/mol. The molecule has 0 aliphatic carbocycles. The van der Waals surface area contributed by atoms with Crippen LogP contribution in [0.15, 0.2) is 30.3 Å². The minimum absolute atomic E-state index is 0.0539. The summed E-state index contributed by atoms with van der Waals surface area (Å²) in [5.74, 6) is -7.35. The molecule has 2 aromatic rings. The molecule has 0 atom stereocenters. The zero-order valence-electron chi connectivity index (χ0n) is 10.8. The molecule has 2 aromatic carbocycles. The molecule has 0 unspecified atom stereocenters. The number of benzene rings is 2. The van der Waals surface area contributed by atoms with Gasteiger partial charge in [-0.1, -0.05) is 0 Å². The van der Waals surface area contributed by atoms with Gasteiger partial charge in [-0.15, -0.1) is 0 Å². The maximum absolute atomic E-state index is 13.4. The van der Waals surface area contributed by atoms with Crippen molar-refractivity contribution < 1.29 is 22.4 Å². The van der Waals surface area contributed by atoms with Gasteiger partial charge in [-0.2, -0.15) is 5.26 Å². The highest BCUT2D eigenvalue weighted by molar-refractivity contribution is 5.95. The zero-order chi connectivity index (χ0) is 16.3. The first-order valence-corrected chi connectivity index (χ1v) is 5.83. The van der Waals surface area contributed by atoms with Crippen LogP contribution in [-0.2, 0) is 0 Å². The summed E-state index contributed by atoms with van der Waals surface area (Å²) in [4.78, 5) is 11.7. The van der Waals surface area contributed by atoms with Gasteiger partial charge in [0.25, 0.3) is 5.91 Å². The number of carbonyl (C=O) groups is 1. The number of hydrogen-bond acceptors (Lipinski definition) is 3. The van der Waals surface area contributed by atoms with E-state index in [1.807, 2.05) is 11.5 Å². The van der Waals surface area contributed by atoms with E-state index in [4.69, 9.17) is 5.26 Å². The van der Waals surface area contributed by atoms with Gasteiger partial charge in [0.05, 0.1) is 11.6 Å². The van der Waals surface area contributed by atoms with Crippen LogP contribution in [0, 0.1) is 34.6 Å². The van der Waals surface area contributed by atoms with Crippen molar-refractivity contribution in [1.29, 1.82) is 5.26 Å². The Morgan fingerprint density at radius 1 is 1.00 bits per heavy atom. The Balaban J connectivity index is 2.16. The van der Waals surface area contributed by atoms with Crippen LogP contribution in [-0.4, -0.2) is 5.91 Å². The minimum Gasteiger partial charge on any atom is -0.293 e. The average Bonchev–Trinajstić information content (AvgIpc) is 2.53. The second-order valence-electron chi connectivity index (χ2n) is 4.11. The van der Waals surface area contributed by atoms with Gasteiger partial charge >= 0.3 is 0 Å². The Bertz CT molecular complexity index is 743. The molecule has 0 aliphatic rings. The van der Waals surface area contributed by atoms with Crippen molar-refractivity contribution in [2.45, 2.75) is 0 Å². The van der Waals surface area contributed by atoms with Crippen LogP contribution in [0.5, 0.6) is 0 Å². The molecule has 0 fully saturated rings. The van der Waals surface area contributed by atoms with Crippen molar-refractivity contribution in [3.63, 3.8) is 0 Å². The van der Waals surface area contributed by atoms with E-state index in [-0.39, 0.29) is 11.6 Å². The largest absolute Gasteiger partial charge is 0.293 e. The van der Waals surface area contributed by atoms with Crippen LogP contribution >= 0.6 is 0 Å². The van der Waals surface area contributed by atoms with Crippen molar-refractivity contribution in [2.24, 2.45) is 0 Å². The number of amides is 1. The molecule has 22 heavy (non-hydrogen) atoms. The number of carbonyl (C=O) groups excluding carboxylic acids is 1. The van der Waals surface area contributed by atoms with Gasteiger partial charge in [0.1, 0.15) is 5.69 Å². The first kappa shape index (κ1) is 15.3. The molecule has 0 aliphatic heterocycles. The molecule has 0 bridgehead atoms. The molecule has 112 valence electrons. The highest BCUT2D eigenvalue weighted by Gasteiger charge is 2.19. The monoisotopic (exact) mass is 309 g/mol. The lowest BCUT2D eigenvalue weighted by Gasteiger charge is -2.11. The van der Waals surface area contributed by atoms with Crippen LogP contribution < -0.4 is 10.9 Å². The molecular formula is C14H7F4N3O. The zero-order valence-corrected chi connectivity index (χ0v) is 10.8. The van der Waals surface area contributed by atoms with E-state index in [1.165, 1.54) is 24.3 Å². The number of nitrogens with one attached hydrogen (secondary N) is 2. The quantitative estimate of drug-likeness (QED) is 0.520. The fraction of sp³-hybridized carbons (Fsp3) is 0. The van der Waals surface area contributed by atoms with Crippen LogP contribution in [0.4, 0.5) is 23.2 Å². The Morgan fingerprint density at radius 3 is 2.05 bits per heavy atom. The maximum atomic E-state index is 13.4. The Morgan fingerprint density at radius 2 is 1.55 bits per heavy atom. The van der Waals surface area contributed by atoms with E-state index in [0.29, 0.717) is 5.56 Å². The smallest absolute Gasteiger partial charge is 0.269 e. The molecule has 2 rings (SSSR count). The standard InChI is InChI=1S/C14H7F4N3O/c15-9-5-10(16)12(18)13(11(9)17)20-21-14(22)8-3-1-7(6-19)2-4-8/h1-5,20H,(H,21,22). The normalized spacial score (nSPS) is 9.95. The lowest BCUT2D eigenvalue weighted by Crippen LogP contribution is -2.30. The van der Waals surface area contributed by atoms with Gasteiger partial charge in [0, 0.05) is 11.6 Å². The number of hydrogen-bond donors (Lipinski definition) is 2. The number of nitriles is 1.